The van der Waals surface area contributed by atoms with E-state index in [4.69, 9.17) is 16.0 Å². The third kappa shape index (κ3) is 3.10. The molecule has 112 valence electrons. The van der Waals surface area contributed by atoms with Crippen molar-refractivity contribution >= 4 is 23.4 Å². The summed E-state index contributed by atoms with van der Waals surface area (Å²) in [4.78, 5) is 0. The average Bonchev–Trinajstić information content (AvgIpc) is 3.16. The lowest BCUT2D eigenvalue weighted by atomic mass is 10.2. The van der Waals surface area contributed by atoms with Gasteiger partial charge >= 0.3 is 0 Å². The van der Waals surface area contributed by atoms with Crippen molar-refractivity contribution in [1.29, 1.82) is 0 Å². The molecule has 1 aromatic carbocycles. The molecule has 0 N–H and O–H groups in total. The molecule has 0 spiro atoms. The predicted octanol–water partition coefficient (Wildman–Crippen LogP) is 4.67. The molecule has 2 aromatic heterocycles. The van der Waals surface area contributed by atoms with E-state index in [-0.39, 0.29) is 0 Å². The molecule has 3 rings (SSSR count). The SMILES string of the molecule is C=CCn1c(SCc2ccccc2Cl)nnc1-c1ccco1. The van der Waals surface area contributed by atoms with Gasteiger partial charge in [0.2, 0.25) is 5.82 Å². The largest absolute Gasteiger partial charge is 0.461 e. The van der Waals surface area contributed by atoms with Crippen molar-refractivity contribution in [2.45, 2.75) is 17.5 Å². The van der Waals surface area contributed by atoms with Gasteiger partial charge in [0.15, 0.2) is 10.9 Å². The van der Waals surface area contributed by atoms with Crippen molar-refractivity contribution in [3.05, 3.63) is 65.9 Å². The minimum atomic E-state index is 0.619. The molecule has 0 radical (unpaired) electrons. The average molecular weight is 332 g/mol. The summed E-state index contributed by atoms with van der Waals surface area (Å²) >= 11 is 7.78. The number of hydrogen-bond acceptors (Lipinski definition) is 4. The van der Waals surface area contributed by atoms with Crippen LogP contribution in [0, 0.1) is 0 Å². The molecule has 0 saturated carbocycles. The Hall–Kier alpha value is -1.98. The molecule has 4 nitrogen and oxygen atoms in total. The lowest BCUT2D eigenvalue weighted by molar-refractivity contribution is 0.569. The lowest BCUT2D eigenvalue weighted by Crippen LogP contribution is -2.00. The molecule has 2 heterocycles. The smallest absolute Gasteiger partial charge is 0.200 e. The zero-order valence-corrected chi connectivity index (χ0v) is 13.3. The Kier molecular flexibility index (Phi) is 4.65. The molecule has 0 aliphatic carbocycles. The van der Waals surface area contributed by atoms with Gasteiger partial charge in [-0.25, -0.2) is 0 Å². The second-order valence-corrected chi connectivity index (χ2v) is 5.91. The molecular formula is C16H14ClN3OS. The summed E-state index contributed by atoms with van der Waals surface area (Å²) in [5.41, 5.74) is 1.07. The van der Waals surface area contributed by atoms with E-state index in [1.165, 1.54) is 0 Å². The maximum atomic E-state index is 6.19. The minimum Gasteiger partial charge on any atom is -0.461 e. The molecule has 0 fully saturated rings. The Labute approximate surface area is 137 Å². The second-order valence-electron chi connectivity index (χ2n) is 4.56. The van der Waals surface area contributed by atoms with E-state index in [0.29, 0.717) is 18.1 Å². The van der Waals surface area contributed by atoms with Crippen LogP contribution in [0.3, 0.4) is 0 Å². The number of hydrogen-bond donors (Lipinski definition) is 0. The molecule has 0 aliphatic rings. The second kappa shape index (κ2) is 6.85. The first-order valence-corrected chi connectivity index (χ1v) is 8.10. The first-order valence-electron chi connectivity index (χ1n) is 6.74. The van der Waals surface area contributed by atoms with Crippen LogP contribution < -0.4 is 0 Å². The number of benzene rings is 1. The fraction of sp³-hybridized carbons (Fsp3) is 0.125. The number of aromatic nitrogens is 3. The highest BCUT2D eigenvalue weighted by Gasteiger charge is 2.15. The third-order valence-electron chi connectivity index (χ3n) is 3.08. The highest BCUT2D eigenvalue weighted by molar-refractivity contribution is 7.98. The normalized spacial score (nSPS) is 10.8. The van der Waals surface area contributed by atoms with E-state index in [1.54, 1.807) is 18.0 Å². The topological polar surface area (TPSA) is 43.9 Å². The summed E-state index contributed by atoms with van der Waals surface area (Å²) in [7, 11) is 0. The maximum absolute atomic E-state index is 6.19. The zero-order chi connectivity index (χ0) is 15.4. The van der Waals surface area contributed by atoms with Gasteiger partial charge in [-0.15, -0.1) is 16.8 Å². The Morgan fingerprint density at radius 3 is 2.82 bits per heavy atom. The van der Waals surface area contributed by atoms with E-state index >= 15 is 0 Å². The fourth-order valence-electron chi connectivity index (χ4n) is 2.03. The van der Waals surface area contributed by atoms with Gasteiger partial charge in [0.05, 0.1) is 6.26 Å². The number of halogens is 1. The van der Waals surface area contributed by atoms with Gasteiger partial charge in [0, 0.05) is 17.3 Å². The molecular weight excluding hydrogens is 318 g/mol. The first-order chi connectivity index (χ1) is 10.8. The van der Waals surface area contributed by atoms with Crippen molar-refractivity contribution < 1.29 is 4.42 Å². The van der Waals surface area contributed by atoms with Crippen molar-refractivity contribution in [2.24, 2.45) is 0 Å². The summed E-state index contributed by atoms with van der Waals surface area (Å²) in [5.74, 6) is 2.12. The third-order valence-corrected chi connectivity index (χ3v) is 4.47. The highest BCUT2D eigenvalue weighted by atomic mass is 35.5. The maximum Gasteiger partial charge on any atom is 0.200 e. The van der Waals surface area contributed by atoms with Crippen LogP contribution >= 0.6 is 23.4 Å². The molecule has 0 aliphatic heterocycles. The molecule has 22 heavy (non-hydrogen) atoms. The molecule has 0 unspecified atom stereocenters. The van der Waals surface area contributed by atoms with Crippen LogP contribution in [0.25, 0.3) is 11.6 Å². The summed E-state index contributed by atoms with van der Waals surface area (Å²) in [6.45, 7) is 4.41. The molecule has 3 aromatic rings. The van der Waals surface area contributed by atoms with Gasteiger partial charge in [-0.1, -0.05) is 47.6 Å². The number of allylic oxidation sites excluding steroid dienone is 1. The van der Waals surface area contributed by atoms with E-state index in [0.717, 1.165) is 21.5 Å². The van der Waals surface area contributed by atoms with Gasteiger partial charge in [0.1, 0.15) is 0 Å². The number of nitrogens with zero attached hydrogens (tertiary/aromatic N) is 3. The van der Waals surface area contributed by atoms with E-state index in [9.17, 15) is 0 Å². The van der Waals surface area contributed by atoms with Gasteiger partial charge in [-0.2, -0.15) is 0 Å². The number of furan rings is 1. The Bertz CT molecular complexity index is 768. The Morgan fingerprint density at radius 2 is 2.09 bits per heavy atom. The Morgan fingerprint density at radius 1 is 1.23 bits per heavy atom. The summed E-state index contributed by atoms with van der Waals surface area (Å²) in [5, 5.41) is 10.1. The first kappa shape index (κ1) is 14.9. The summed E-state index contributed by atoms with van der Waals surface area (Å²) < 4.78 is 7.39. The van der Waals surface area contributed by atoms with Gasteiger partial charge in [-0.05, 0) is 23.8 Å². The summed E-state index contributed by atoms with van der Waals surface area (Å²) in [6.07, 6.45) is 3.44. The number of thioether (sulfide) groups is 1. The van der Waals surface area contributed by atoms with Crippen LogP contribution in [0.2, 0.25) is 5.02 Å². The predicted molar refractivity (Wildman–Crippen MR) is 88.9 cm³/mol. The van der Waals surface area contributed by atoms with Crippen LogP contribution in [0.15, 0.2) is 64.9 Å². The monoisotopic (exact) mass is 331 g/mol. The van der Waals surface area contributed by atoms with E-state index < -0.39 is 0 Å². The van der Waals surface area contributed by atoms with Gasteiger partial charge in [0.25, 0.3) is 0 Å². The fourth-order valence-corrected chi connectivity index (χ4v) is 3.27. The minimum absolute atomic E-state index is 0.619. The Balaban J connectivity index is 1.85. The van der Waals surface area contributed by atoms with Crippen molar-refractivity contribution in [1.82, 2.24) is 14.8 Å². The van der Waals surface area contributed by atoms with Crippen LogP contribution in [0.4, 0.5) is 0 Å². The van der Waals surface area contributed by atoms with Crippen molar-refractivity contribution in [3.8, 4) is 11.6 Å². The molecule has 6 heteroatoms. The van der Waals surface area contributed by atoms with Gasteiger partial charge in [-0.3, -0.25) is 4.57 Å². The van der Waals surface area contributed by atoms with Crippen LogP contribution in [-0.2, 0) is 12.3 Å². The van der Waals surface area contributed by atoms with E-state index in [2.05, 4.69) is 16.8 Å². The van der Waals surface area contributed by atoms with Crippen LogP contribution in [-0.4, -0.2) is 14.8 Å². The number of rotatable bonds is 6. The van der Waals surface area contributed by atoms with Crippen molar-refractivity contribution in [3.63, 3.8) is 0 Å². The van der Waals surface area contributed by atoms with Crippen LogP contribution in [0.5, 0.6) is 0 Å². The quantitative estimate of drug-likeness (QED) is 0.486. The zero-order valence-electron chi connectivity index (χ0n) is 11.8. The molecule has 0 bridgehead atoms. The molecule has 0 atom stereocenters. The lowest BCUT2D eigenvalue weighted by Gasteiger charge is -2.07. The van der Waals surface area contributed by atoms with Crippen LogP contribution in [0.1, 0.15) is 5.56 Å². The van der Waals surface area contributed by atoms with Gasteiger partial charge < -0.3 is 4.42 Å². The van der Waals surface area contributed by atoms with E-state index in [1.807, 2.05) is 47.0 Å². The summed E-state index contributed by atoms with van der Waals surface area (Å²) in [6, 6.07) is 11.5. The standard InChI is InChI=1S/C16H14ClN3OS/c1-2-9-20-15(14-8-5-10-21-14)18-19-16(20)22-11-12-6-3-4-7-13(12)17/h2-8,10H,1,9,11H2. The highest BCUT2D eigenvalue weighted by Crippen LogP contribution is 2.28. The van der Waals surface area contributed by atoms with Crippen molar-refractivity contribution in [2.75, 3.05) is 0 Å². The molecule has 0 saturated heterocycles. The molecule has 0 amide bonds.